The van der Waals surface area contributed by atoms with E-state index in [0.717, 1.165) is 0 Å². The van der Waals surface area contributed by atoms with Crippen LogP contribution in [0.3, 0.4) is 0 Å². The molecule has 0 bridgehead atoms. The molecule has 0 N–H and O–H groups in total. The van der Waals surface area contributed by atoms with Gasteiger partial charge in [0.15, 0.2) is 11.5 Å². The smallest absolute Gasteiger partial charge is 0.254 e. The molecule has 0 saturated carbocycles. The molecule has 0 aromatic heterocycles. The average Bonchev–Trinajstić information content (AvgIpc) is 2.75. The minimum atomic E-state index is -0.0831. The van der Waals surface area contributed by atoms with E-state index in [0.29, 0.717) is 22.1 Å². The zero-order valence-corrected chi connectivity index (χ0v) is 10.7. The Morgan fingerprint density at radius 2 is 2.12 bits per heavy atom. The van der Waals surface area contributed by atoms with Gasteiger partial charge in [0, 0.05) is 18.7 Å². The van der Waals surface area contributed by atoms with Crippen LogP contribution in [0.5, 0.6) is 11.5 Å². The van der Waals surface area contributed by atoms with Crippen LogP contribution in [0.1, 0.15) is 24.2 Å². The molecule has 1 aromatic carbocycles. The lowest BCUT2D eigenvalue weighted by Gasteiger charge is -2.21. The van der Waals surface area contributed by atoms with Gasteiger partial charge in [0.2, 0.25) is 6.79 Å². The van der Waals surface area contributed by atoms with Crippen molar-refractivity contribution in [3.05, 3.63) is 22.7 Å². The number of hydrogen-bond donors (Lipinski definition) is 0. The number of rotatable bonds is 2. The summed E-state index contributed by atoms with van der Waals surface area (Å²) in [5.41, 5.74) is 0.510. The maximum Gasteiger partial charge on any atom is 0.254 e. The highest BCUT2D eigenvalue weighted by atomic mass is 35.5. The third-order valence-electron chi connectivity index (χ3n) is 2.77. The van der Waals surface area contributed by atoms with Crippen molar-refractivity contribution in [1.29, 1.82) is 0 Å². The van der Waals surface area contributed by atoms with Crippen LogP contribution in [0, 0.1) is 0 Å². The van der Waals surface area contributed by atoms with Crippen molar-refractivity contribution in [2.45, 2.75) is 19.9 Å². The third-order valence-corrected chi connectivity index (χ3v) is 3.05. The number of benzene rings is 1. The predicted octanol–water partition coefficient (Wildman–Crippen LogP) is 2.55. The monoisotopic (exact) mass is 255 g/mol. The molecule has 0 spiro atoms. The van der Waals surface area contributed by atoms with Crippen molar-refractivity contribution < 1.29 is 14.3 Å². The standard InChI is InChI=1S/C12H14ClNO3/c1-7(2)14(3)12(15)8-4-9(13)11-10(5-8)16-6-17-11/h4-5,7H,6H2,1-3H3. The fourth-order valence-corrected chi connectivity index (χ4v) is 1.79. The number of fused-ring (bicyclic) bond motifs is 1. The van der Waals surface area contributed by atoms with Crippen LogP contribution >= 0.6 is 11.6 Å². The maximum absolute atomic E-state index is 12.1. The zero-order valence-electron chi connectivity index (χ0n) is 9.99. The molecule has 1 amide bonds. The average molecular weight is 256 g/mol. The van der Waals surface area contributed by atoms with Gasteiger partial charge in [0.05, 0.1) is 5.02 Å². The van der Waals surface area contributed by atoms with Crippen LogP contribution in [0.15, 0.2) is 12.1 Å². The summed E-state index contributed by atoms with van der Waals surface area (Å²) in [6.07, 6.45) is 0. The highest BCUT2D eigenvalue weighted by molar-refractivity contribution is 6.32. The minimum Gasteiger partial charge on any atom is -0.454 e. The van der Waals surface area contributed by atoms with Crippen molar-refractivity contribution >= 4 is 17.5 Å². The van der Waals surface area contributed by atoms with Crippen LogP contribution in [-0.4, -0.2) is 30.7 Å². The molecule has 0 atom stereocenters. The first kappa shape index (κ1) is 12.0. The summed E-state index contributed by atoms with van der Waals surface area (Å²) in [6.45, 7) is 4.05. The van der Waals surface area contributed by atoms with Gasteiger partial charge in [-0.2, -0.15) is 0 Å². The van der Waals surface area contributed by atoms with E-state index in [9.17, 15) is 4.79 Å². The first-order valence-corrected chi connectivity index (χ1v) is 5.75. The summed E-state index contributed by atoms with van der Waals surface area (Å²) in [7, 11) is 1.76. The van der Waals surface area contributed by atoms with Crippen molar-refractivity contribution in [3.63, 3.8) is 0 Å². The molecular formula is C12H14ClNO3. The summed E-state index contributed by atoms with van der Waals surface area (Å²) in [6, 6.07) is 3.40. The number of nitrogens with zero attached hydrogens (tertiary/aromatic N) is 1. The van der Waals surface area contributed by atoms with E-state index in [1.165, 1.54) is 0 Å². The molecule has 2 rings (SSSR count). The summed E-state index contributed by atoms with van der Waals surface area (Å²) in [5, 5.41) is 0.403. The van der Waals surface area contributed by atoms with Gasteiger partial charge in [-0.3, -0.25) is 4.79 Å². The van der Waals surface area contributed by atoms with E-state index in [-0.39, 0.29) is 18.7 Å². The first-order valence-electron chi connectivity index (χ1n) is 5.37. The highest BCUT2D eigenvalue weighted by Gasteiger charge is 2.22. The van der Waals surface area contributed by atoms with Gasteiger partial charge >= 0.3 is 0 Å². The molecule has 1 aromatic rings. The maximum atomic E-state index is 12.1. The largest absolute Gasteiger partial charge is 0.454 e. The van der Waals surface area contributed by atoms with Gasteiger partial charge in [0.1, 0.15) is 0 Å². The fourth-order valence-electron chi connectivity index (χ4n) is 1.53. The Bertz CT molecular complexity index is 459. The SMILES string of the molecule is CC(C)N(C)C(=O)c1cc(Cl)c2c(c1)OCO2. The summed E-state index contributed by atoms with van der Waals surface area (Å²) >= 11 is 6.03. The number of hydrogen-bond acceptors (Lipinski definition) is 3. The molecular weight excluding hydrogens is 242 g/mol. The van der Waals surface area contributed by atoms with Crippen LogP contribution in [0.2, 0.25) is 5.02 Å². The molecule has 17 heavy (non-hydrogen) atoms. The van der Waals surface area contributed by atoms with Crippen LogP contribution in [0.4, 0.5) is 0 Å². The second-order valence-corrected chi connectivity index (χ2v) is 4.61. The van der Waals surface area contributed by atoms with Crippen LogP contribution in [-0.2, 0) is 0 Å². The van der Waals surface area contributed by atoms with Crippen LogP contribution < -0.4 is 9.47 Å². The Hall–Kier alpha value is -1.42. The predicted molar refractivity (Wildman–Crippen MR) is 64.8 cm³/mol. The summed E-state index contributed by atoms with van der Waals surface area (Å²) < 4.78 is 10.4. The lowest BCUT2D eigenvalue weighted by atomic mass is 10.1. The van der Waals surface area contributed by atoms with Gasteiger partial charge in [-0.05, 0) is 26.0 Å². The van der Waals surface area contributed by atoms with Crippen molar-refractivity contribution in [1.82, 2.24) is 4.90 Å². The minimum absolute atomic E-state index is 0.0831. The zero-order chi connectivity index (χ0) is 12.6. The van der Waals surface area contributed by atoms with E-state index < -0.39 is 0 Å². The van der Waals surface area contributed by atoms with Gasteiger partial charge in [0.25, 0.3) is 5.91 Å². The molecule has 0 saturated heterocycles. The first-order chi connectivity index (χ1) is 8.00. The Morgan fingerprint density at radius 3 is 2.76 bits per heavy atom. The lowest BCUT2D eigenvalue weighted by Crippen LogP contribution is -2.32. The molecule has 5 heteroatoms. The molecule has 0 fully saturated rings. The molecule has 4 nitrogen and oxygen atoms in total. The van der Waals surface area contributed by atoms with Gasteiger partial charge in [-0.15, -0.1) is 0 Å². The molecule has 1 heterocycles. The van der Waals surface area contributed by atoms with Gasteiger partial charge < -0.3 is 14.4 Å². The van der Waals surface area contributed by atoms with E-state index in [1.807, 2.05) is 13.8 Å². The van der Waals surface area contributed by atoms with Crippen LogP contribution in [0.25, 0.3) is 0 Å². The van der Waals surface area contributed by atoms with E-state index in [1.54, 1.807) is 24.1 Å². The molecule has 0 radical (unpaired) electrons. The van der Waals surface area contributed by atoms with Gasteiger partial charge in [-0.1, -0.05) is 11.6 Å². The Kier molecular flexibility index (Phi) is 3.15. The van der Waals surface area contributed by atoms with Gasteiger partial charge in [-0.25, -0.2) is 0 Å². The molecule has 92 valence electrons. The van der Waals surface area contributed by atoms with E-state index in [2.05, 4.69) is 0 Å². The van der Waals surface area contributed by atoms with Crippen molar-refractivity contribution in [3.8, 4) is 11.5 Å². The quantitative estimate of drug-likeness (QED) is 0.815. The lowest BCUT2D eigenvalue weighted by molar-refractivity contribution is 0.0754. The highest BCUT2D eigenvalue weighted by Crippen LogP contribution is 2.39. The Morgan fingerprint density at radius 1 is 1.41 bits per heavy atom. The Labute approximate surface area is 105 Å². The number of amides is 1. The topological polar surface area (TPSA) is 38.8 Å². The number of halogens is 1. The Balaban J connectivity index is 2.34. The summed E-state index contributed by atoms with van der Waals surface area (Å²) in [5.74, 6) is 0.952. The summed E-state index contributed by atoms with van der Waals surface area (Å²) in [4.78, 5) is 13.8. The van der Waals surface area contributed by atoms with Crippen molar-refractivity contribution in [2.24, 2.45) is 0 Å². The third kappa shape index (κ3) is 2.17. The van der Waals surface area contributed by atoms with E-state index in [4.69, 9.17) is 21.1 Å². The molecule has 0 unspecified atom stereocenters. The number of ether oxygens (including phenoxy) is 2. The molecule has 1 aliphatic rings. The fraction of sp³-hybridized carbons (Fsp3) is 0.417. The number of carbonyl (C=O) groups is 1. The molecule has 0 aliphatic carbocycles. The normalized spacial score (nSPS) is 13.0. The van der Waals surface area contributed by atoms with E-state index >= 15 is 0 Å². The second kappa shape index (κ2) is 4.45. The van der Waals surface area contributed by atoms with Crippen molar-refractivity contribution in [2.75, 3.05) is 13.8 Å². The number of carbonyl (C=O) groups excluding carboxylic acids is 1. The second-order valence-electron chi connectivity index (χ2n) is 4.20. The molecule has 1 aliphatic heterocycles.